The highest BCUT2D eigenvalue weighted by Gasteiger charge is 2.30. The van der Waals surface area contributed by atoms with Crippen LogP contribution in [-0.4, -0.2) is 52.1 Å². The Bertz CT molecular complexity index is 1040. The molecule has 0 saturated carbocycles. The molecular formula is C41H66BO3P. The molecule has 5 heteroatoms. The molecule has 0 spiro atoms. The summed E-state index contributed by atoms with van der Waals surface area (Å²) < 4.78 is 16.5. The molecule has 0 bridgehead atoms. The molecule has 3 nitrogen and oxygen atoms in total. The Labute approximate surface area is 284 Å². The van der Waals surface area contributed by atoms with E-state index in [0.717, 1.165) is 23.6 Å². The zero-order valence-electron chi connectivity index (χ0n) is 30.8. The van der Waals surface area contributed by atoms with E-state index in [1.165, 1.54) is 105 Å². The highest BCUT2D eigenvalue weighted by molar-refractivity contribution is 7.75. The van der Waals surface area contributed by atoms with Gasteiger partial charge in [0.15, 0.2) is 0 Å². The van der Waals surface area contributed by atoms with Crippen molar-refractivity contribution in [3.05, 3.63) is 72.8 Å². The number of benzene rings is 3. The molecule has 0 aromatic heterocycles. The number of ether oxygens (including phenoxy) is 3. The zero-order chi connectivity index (χ0) is 33.7. The Morgan fingerprint density at radius 3 is 0.935 bits per heavy atom. The lowest BCUT2D eigenvalue weighted by Crippen LogP contribution is -2.66. The summed E-state index contributed by atoms with van der Waals surface area (Å²) in [6.07, 6.45) is 19.1. The molecule has 0 radical (unpaired) electrons. The highest BCUT2D eigenvalue weighted by Crippen LogP contribution is 2.57. The lowest BCUT2D eigenvalue weighted by molar-refractivity contribution is 0.415. The average Bonchev–Trinajstić information content (AvgIpc) is 3.12. The molecule has 3 aromatic rings. The molecular weight excluding hydrogens is 582 g/mol. The first-order chi connectivity index (χ1) is 22.4. The van der Waals surface area contributed by atoms with Gasteiger partial charge < -0.3 is 14.2 Å². The van der Waals surface area contributed by atoms with Crippen molar-refractivity contribution in [3.63, 3.8) is 0 Å². The van der Waals surface area contributed by atoms with Gasteiger partial charge in [0.05, 0.1) is 52.1 Å². The summed E-state index contributed by atoms with van der Waals surface area (Å²) in [4.78, 5) is 0. The monoisotopic (exact) mass is 648 g/mol. The van der Waals surface area contributed by atoms with Crippen molar-refractivity contribution in [1.82, 2.24) is 0 Å². The van der Waals surface area contributed by atoms with Gasteiger partial charge >= 0.3 is 0 Å². The first-order valence-corrected chi connectivity index (χ1v) is 20.9. The maximum absolute atomic E-state index is 5.49. The minimum atomic E-state index is -1.18. The average molecular weight is 649 g/mol. The third-order valence-electron chi connectivity index (χ3n) is 10.7. The van der Waals surface area contributed by atoms with E-state index in [-0.39, 0.29) is 0 Å². The Morgan fingerprint density at radius 1 is 0.413 bits per heavy atom. The van der Waals surface area contributed by atoms with Crippen LogP contribution in [0.5, 0.6) is 17.2 Å². The standard InChI is InChI=1S/C33H46BO3.C8H20P/c1-5-6-7-8-9-10-11-12-13-14-27-34(28-15-21-31(35-2)22-16-28,29-17-23-32(36-3)24-18-29)30-19-25-33(37-4)26-20-30;1-5-9(6-2,7-3)8-4/h15-26H,5-14,27H2,1-4H3;5-8H2,1-4H3/q-1;+1. The summed E-state index contributed by atoms with van der Waals surface area (Å²) in [6.45, 7) is 11.7. The SMILES string of the molecule is CCCCCCCCCCCC[B-](c1ccc(OC)cc1)(c1ccc(OC)cc1)c1ccc(OC)cc1.CC[P+](CC)(CC)CC. The van der Waals surface area contributed by atoms with Gasteiger partial charge in [0.1, 0.15) is 17.2 Å². The second-order valence-corrected chi connectivity index (χ2v) is 18.2. The van der Waals surface area contributed by atoms with Crippen LogP contribution in [0.3, 0.4) is 0 Å². The van der Waals surface area contributed by atoms with Crippen molar-refractivity contribution in [3.8, 4) is 17.2 Å². The second kappa shape index (κ2) is 22.2. The smallest absolute Gasteiger partial charge is 0.118 e. The van der Waals surface area contributed by atoms with Gasteiger partial charge in [-0.3, -0.25) is 0 Å². The summed E-state index contributed by atoms with van der Waals surface area (Å²) in [6, 6.07) is 26.1. The first-order valence-electron chi connectivity index (χ1n) is 18.4. The van der Waals surface area contributed by atoms with Gasteiger partial charge in [0.2, 0.25) is 0 Å². The predicted molar refractivity (Wildman–Crippen MR) is 209 cm³/mol. The molecule has 0 heterocycles. The lowest BCUT2D eigenvalue weighted by Gasteiger charge is -2.43. The number of rotatable bonds is 21. The van der Waals surface area contributed by atoms with Gasteiger partial charge in [-0.25, -0.2) is 0 Å². The Kier molecular flexibility index (Phi) is 19.2. The quantitative estimate of drug-likeness (QED) is 0.0654. The van der Waals surface area contributed by atoms with Crippen LogP contribution in [-0.2, 0) is 0 Å². The molecule has 0 aliphatic rings. The molecule has 0 aliphatic carbocycles. The van der Waals surface area contributed by atoms with Crippen LogP contribution >= 0.6 is 7.26 Å². The van der Waals surface area contributed by atoms with E-state index in [1.54, 1.807) is 21.3 Å². The molecule has 0 aliphatic heterocycles. The Morgan fingerprint density at radius 2 is 0.696 bits per heavy atom. The fraction of sp³-hybridized carbons (Fsp3) is 0.561. The lowest BCUT2D eigenvalue weighted by atomic mass is 9.14. The summed E-state index contributed by atoms with van der Waals surface area (Å²) in [5, 5.41) is 0. The van der Waals surface area contributed by atoms with Crippen molar-refractivity contribution in [2.24, 2.45) is 0 Å². The van der Waals surface area contributed by atoms with Gasteiger partial charge in [-0.15, -0.1) is 0 Å². The maximum atomic E-state index is 5.49. The van der Waals surface area contributed by atoms with Gasteiger partial charge in [-0.05, 0) is 64.1 Å². The number of methoxy groups -OCH3 is 3. The topological polar surface area (TPSA) is 27.7 Å². The predicted octanol–water partition coefficient (Wildman–Crippen LogP) is 10.2. The van der Waals surface area contributed by atoms with Crippen LogP contribution in [0, 0.1) is 0 Å². The minimum absolute atomic E-state index is 0.420. The van der Waals surface area contributed by atoms with E-state index in [9.17, 15) is 0 Å². The molecule has 0 N–H and O–H groups in total. The number of hydrogen-bond acceptors (Lipinski definition) is 3. The van der Waals surface area contributed by atoms with Crippen LogP contribution < -0.4 is 30.6 Å². The van der Waals surface area contributed by atoms with E-state index in [1.807, 2.05) is 0 Å². The normalized spacial score (nSPS) is 11.5. The van der Waals surface area contributed by atoms with Crippen molar-refractivity contribution >= 4 is 29.8 Å². The zero-order valence-corrected chi connectivity index (χ0v) is 31.7. The Balaban J connectivity index is 0.000000713. The number of unbranched alkanes of at least 4 members (excludes halogenated alkanes) is 9. The van der Waals surface area contributed by atoms with Crippen LogP contribution in [0.15, 0.2) is 72.8 Å². The molecule has 0 unspecified atom stereocenters. The van der Waals surface area contributed by atoms with E-state index in [0.29, 0.717) is 0 Å². The molecule has 0 saturated heterocycles. The van der Waals surface area contributed by atoms with Crippen LogP contribution in [0.25, 0.3) is 0 Å². The minimum Gasteiger partial charge on any atom is -0.497 e. The van der Waals surface area contributed by atoms with Crippen LogP contribution in [0.2, 0.25) is 6.32 Å². The summed E-state index contributed by atoms with van der Waals surface area (Å²) in [5.41, 5.74) is 4.02. The van der Waals surface area contributed by atoms with Crippen molar-refractivity contribution in [1.29, 1.82) is 0 Å². The largest absolute Gasteiger partial charge is 0.497 e. The fourth-order valence-corrected chi connectivity index (χ4v) is 9.84. The molecule has 3 rings (SSSR count). The molecule has 46 heavy (non-hydrogen) atoms. The van der Waals surface area contributed by atoms with E-state index >= 15 is 0 Å². The van der Waals surface area contributed by atoms with E-state index < -0.39 is 13.4 Å². The fourth-order valence-electron chi connectivity index (χ4n) is 7.15. The maximum Gasteiger partial charge on any atom is 0.118 e. The van der Waals surface area contributed by atoms with Crippen LogP contribution in [0.1, 0.15) is 98.8 Å². The second-order valence-electron chi connectivity index (χ2n) is 12.9. The summed E-state index contributed by atoms with van der Waals surface area (Å²) in [7, 11) is 4.76. The molecule has 0 fully saturated rings. The van der Waals surface area contributed by atoms with Gasteiger partial charge in [-0.1, -0.05) is 108 Å². The third-order valence-corrected chi connectivity index (χ3v) is 16.1. The molecule has 256 valence electrons. The number of hydrogen-bond donors (Lipinski definition) is 0. The summed E-state index contributed by atoms with van der Waals surface area (Å²) in [5.74, 6) is 2.66. The highest BCUT2D eigenvalue weighted by atomic mass is 31.2. The van der Waals surface area contributed by atoms with Gasteiger partial charge in [0.25, 0.3) is 0 Å². The molecule has 0 amide bonds. The van der Waals surface area contributed by atoms with Crippen LogP contribution in [0.4, 0.5) is 0 Å². The first kappa shape index (κ1) is 39.7. The van der Waals surface area contributed by atoms with E-state index in [4.69, 9.17) is 14.2 Å². The Hall–Kier alpha value is -2.45. The van der Waals surface area contributed by atoms with Crippen molar-refractivity contribution < 1.29 is 14.2 Å². The van der Waals surface area contributed by atoms with Gasteiger partial charge in [0, 0.05) is 7.26 Å². The molecule has 0 atom stereocenters. The van der Waals surface area contributed by atoms with Crippen molar-refractivity contribution in [2.75, 3.05) is 46.0 Å². The summed E-state index contributed by atoms with van der Waals surface area (Å²) >= 11 is 0. The van der Waals surface area contributed by atoms with Crippen molar-refractivity contribution in [2.45, 2.75) is 105 Å². The molecule has 3 aromatic carbocycles. The van der Waals surface area contributed by atoms with Gasteiger partial charge in [-0.2, -0.15) is 22.7 Å². The van der Waals surface area contributed by atoms with E-state index in [2.05, 4.69) is 107 Å². The third kappa shape index (κ3) is 11.7.